The summed E-state index contributed by atoms with van der Waals surface area (Å²) in [6, 6.07) is 10.1. The molecule has 0 aromatic heterocycles. The molecular weight excluding hydrogens is 536 g/mol. The zero-order chi connectivity index (χ0) is 29.6. The highest BCUT2D eigenvalue weighted by molar-refractivity contribution is 7.92. The van der Waals surface area contributed by atoms with E-state index in [0.29, 0.717) is 23.6 Å². The number of aliphatic hydroxyl groups is 1. The van der Waals surface area contributed by atoms with Gasteiger partial charge in [0.05, 0.1) is 37.6 Å². The molecule has 1 aliphatic rings. The number of nitrogens with zero attached hydrogens (tertiary/aromatic N) is 2. The third-order valence-corrected chi connectivity index (χ3v) is 8.15. The number of aliphatic hydroxyl groups excluding tert-OH is 1. The molecule has 3 atom stereocenters. The zero-order valence-corrected chi connectivity index (χ0v) is 24.7. The molecule has 12 heteroatoms. The SMILES string of the molecule is COc1ccc(S(=O)(=O)Nc2ccc3c(c2)CC(=O)N([C@H](C)CO)C[C@H](C)[C@H](CN(C)C(=O)NC(C)C)O3)cc1. The van der Waals surface area contributed by atoms with Crippen molar-refractivity contribution >= 4 is 27.6 Å². The van der Waals surface area contributed by atoms with Gasteiger partial charge < -0.3 is 29.7 Å². The highest BCUT2D eigenvalue weighted by atomic mass is 32.2. The molecule has 0 saturated heterocycles. The number of benzene rings is 2. The maximum atomic E-state index is 13.4. The number of likely N-dealkylation sites (N-methyl/N-ethyl adjacent to an activating group) is 1. The van der Waals surface area contributed by atoms with Crippen LogP contribution in [-0.4, -0.2) is 87.3 Å². The van der Waals surface area contributed by atoms with E-state index in [2.05, 4.69) is 10.0 Å². The highest BCUT2D eigenvalue weighted by Crippen LogP contribution is 2.30. The van der Waals surface area contributed by atoms with Crippen LogP contribution >= 0.6 is 0 Å². The molecule has 0 aliphatic carbocycles. The van der Waals surface area contributed by atoms with Gasteiger partial charge in [0.25, 0.3) is 10.0 Å². The van der Waals surface area contributed by atoms with E-state index in [0.717, 1.165) is 0 Å². The molecule has 3 rings (SSSR count). The van der Waals surface area contributed by atoms with Crippen LogP contribution in [0, 0.1) is 5.92 Å². The second kappa shape index (κ2) is 13.2. The van der Waals surface area contributed by atoms with Crippen molar-refractivity contribution in [3.8, 4) is 11.5 Å². The Morgan fingerprint density at radius 3 is 2.48 bits per heavy atom. The molecule has 220 valence electrons. The minimum atomic E-state index is -3.91. The number of amides is 3. The third-order valence-electron chi connectivity index (χ3n) is 6.75. The van der Waals surface area contributed by atoms with Gasteiger partial charge in [-0.1, -0.05) is 6.92 Å². The summed E-state index contributed by atoms with van der Waals surface area (Å²) < 4.78 is 40.1. The average Bonchev–Trinajstić information content (AvgIpc) is 2.95. The van der Waals surface area contributed by atoms with Gasteiger partial charge in [0.1, 0.15) is 17.6 Å². The largest absolute Gasteiger partial charge is 0.497 e. The van der Waals surface area contributed by atoms with Crippen LogP contribution in [0.25, 0.3) is 0 Å². The molecule has 1 aliphatic heterocycles. The van der Waals surface area contributed by atoms with E-state index in [4.69, 9.17) is 9.47 Å². The van der Waals surface area contributed by atoms with Crippen LogP contribution in [0.15, 0.2) is 47.4 Å². The molecule has 3 N–H and O–H groups in total. The van der Waals surface area contributed by atoms with Crippen molar-refractivity contribution in [2.45, 2.75) is 57.2 Å². The number of urea groups is 1. The van der Waals surface area contributed by atoms with Gasteiger partial charge in [-0.25, -0.2) is 13.2 Å². The second-order valence-corrected chi connectivity index (χ2v) is 12.2. The van der Waals surface area contributed by atoms with Crippen LogP contribution in [0.5, 0.6) is 11.5 Å². The number of sulfonamides is 1. The Hall–Kier alpha value is -3.51. The van der Waals surface area contributed by atoms with Crippen molar-refractivity contribution in [1.82, 2.24) is 15.1 Å². The Morgan fingerprint density at radius 2 is 1.88 bits per heavy atom. The first-order chi connectivity index (χ1) is 18.8. The standard InChI is InChI=1S/C28H40N4O7S/c1-18(2)29-28(35)31(5)16-26-19(3)15-32(20(4)17-33)27(34)14-21-13-22(7-12-25(21)39-26)30-40(36,37)24-10-8-23(38-6)9-11-24/h7-13,18-20,26,30,33H,14-17H2,1-6H3,(H,29,35)/t19-,20+,26-/m0/s1. The summed E-state index contributed by atoms with van der Waals surface area (Å²) >= 11 is 0. The Balaban J connectivity index is 1.94. The van der Waals surface area contributed by atoms with Crippen LogP contribution in [0.4, 0.5) is 10.5 Å². The summed E-state index contributed by atoms with van der Waals surface area (Å²) in [6.07, 6.45) is -0.538. The molecular formula is C28H40N4O7S. The van der Waals surface area contributed by atoms with E-state index in [1.165, 1.54) is 24.1 Å². The van der Waals surface area contributed by atoms with Crippen molar-refractivity contribution in [1.29, 1.82) is 0 Å². The van der Waals surface area contributed by atoms with E-state index in [-0.39, 0.29) is 54.1 Å². The number of rotatable bonds is 9. The van der Waals surface area contributed by atoms with Gasteiger partial charge in [0.15, 0.2) is 0 Å². The number of anilines is 1. The molecule has 11 nitrogen and oxygen atoms in total. The van der Waals surface area contributed by atoms with Gasteiger partial charge in [-0.15, -0.1) is 0 Å². The third kappa shape index (κ3) is 7.79. The van der Waals surface area contributed by atoms with Crippen LogP contribution < -0.4 is 19.5 Å². The summed E-state index contributed by atoms with van der Waals surface area (Å²) in [5, 5.41) is 12.7. The average molecular weight is 577 g/mol. The molecule has 0 radical (unpaired) electrons. The minimum Gasteiger partial charge on any atom is -0.497 e. The lowest BCUT2D eigenvalue weighted by molar-refractivity contribution is -0.134. The number of carbonyl (C=O) groups excluding carboxylic acids is 2. The number of fused-ring (bicyclic) bond motifs is 1. The number of ether oxygens (including phenoxy) is 2. The van der Waals surface area contributed by atoms with Gasteiger partial charge in [-0.3, -0.25) is 9.52 Å². The molecule has 0 unspecified atom stereocenters. The molecule has 2 aromatic rings. The molecule has 0 fully saturated rings. The number of hydrogen-bond acceptors (Lipinski definition) is 7. The lowest BCUT2D eigenvalue weighted by Gasteiger charge is -2.34. The second-order valence-electron chi connectivity index (χ2n) is 10.5. The molecule has 0 spiro atoms. The molecule has 0 saturated carbocycles. The van der Waals surface area contributed by atoms with Crippen molar-refractivity contribution in [2.24, 2.45) is 5.92 Å². The number of hydrogen-bond donors (Lipinski definition) is 3. The molecule has 1 heterocycles. The number of nitrogens with one attached hydrogen (secondary N) is 2. The van der Waals surface area contributed by atoms with Gasteiger partial charge >= 0.3 is 6.03 Å². The Morgan fingerprint density at radius 1 is 1.20 bits per heavy atom. The normalized spacial score (nSPS) is 18.5. The van der Waals surface area contributed by atoms with E-state index in [1.807, 2.05) is 20.8 Å². The molecule has 0 bridgehead atoms. The molecule has 2 aromatic carbocycles. The van der Waals surface area contributed by atoms with Crippen molar-refractivity contribution in [3.05, 3.63) is 48.0 Å². The lowest BCUT2D eigenvalue weighted by atomic mass is 10.0. The lowest BCUT2D eigenvalue weighted by Crippen LogP contribution is -2.49. The maximum absolute atomic E-state index is 13.4. The van der Waals surface area contributed by atoms with E-state index >= 15 is 0 Å². The van der Waals surface area contributed by atoms with Crippen LogP contribution in [0.2, 0.25) is 0 Å². The fraction of sp³-hybridized carbons (Fsp3) is 0.500. The van der Waals surface area contributed by atoms with Crippen LogP contribution in [0.3, 0.4) is 0 Å². The summed E-state index contributed by atoms with van der Waals surface area (Å²) in [5.41, 5.74) is 0.758. The first kappa shape index (κ1) is 31.0. The number of methoxy groups -OCH3 is 1. The van der Waals surface area contributed by atoms with Gasteiger partial charge in [0.2, 0.25) is 5.91 Å². The predicted molar refractivity (Wildman–Crippen MR) is 152 cm³/mol. The van der Waals surface area contributed by atoms with Crippen molar-refractivity contribution < 1.29 is 32.6 Å². The first-order valence-electron chi connectivity index (χ1n) is 13.2. The van der Waals surface area contributed by atoms with Crippen molar-refractivity contribution in [2.75, 3.05) is 38.6 Å². The first-order valence-corrected chi connectivity index (χ1v) is 14.7. The van der Waals surface area contributed by atoms with Crippen LogP contribution in [0.1, 0.15) is 33.3 Å². The summed E-state index contributed by atoms with van der Waals surface area (Å²) in [4.78, 5) is 29.2. The summed E-state index contributed by atoms with van der Waals surface area (Å²) in [5.74, 6) is 0.546. The molecule has 3 amide bonds. The number of carbonyl (C=O) groups is 2. The fourth-order valence-electron chi connectivity index (χ4n) is 4.39. The van der Waals surface area contributed by atoms with Gasteiger partial charge in [-0.05, 0) is 63.2 Å². The smallest absolute Gasteiger partial charge is 0.317 e. The van der Waals surface area contributed by atoms with Crippen LogP contribution in [-0.2, 0) is 21.2 Å². The van der Waals surface area contributed by atoms with E-state index in [1.54, 1.807) is 49.2 Å². The quantitative estimate of drug-likeness (QED) is 0.417. The summed E-state index contributed by atoms with van der Waals surface area (Å²) in [6.45, 7) is 7.81. The Labute approximate surface area is 236 Å². The minimum absolute atomic E-state index is 0.0341. The monoisotopic (exact) mass is 576 g/mol. The molecule has 40 heavy (non-hydrogen) atoms. The Kier molecular flexibility index (Phi) is 10.3. The van der Waals surface area contributed by atoms with Crippen molar-refractivity contribution in [3.63, 3.8) is 0 Å². The summed E-state index contributed by atoms with van der Waals surface area (Å²) in [7, 11) is -0.735. The van der Waals surface area contributed by atoms with E-state index < -0.39 is 22.2 Å². The predicted octanol–water partition coefficient (Wildman–Crippen LogP) is 2.69. The highest BCUT2D eigenvalue weighted by Gasteiger charge is 2.32. The maximum Gasteiger partial charge on any atom is 0.317 e. The van der Waals surface area contributed by atoms with Gasteiger partial charge in [-0.2, -0.15) is 0 Å². The fourth-order valence-corrected chi connectivity index (χ4v) is 5.44. The Bertz CT molecular complexity index is 1280. The zero-order valence-electron chi connectivity index (χ0n) is 23.9. The topological polar surface area (TPSA) is 138 Å². The van der Waals surface area contributed by atoms with Gasteiger partial charge in [0, 0.05) is 36.8 Å². The van der Waals surface area contributed by atoms with E-state index in [9.17, 15) is 23.1 Å².